The summed E-state index contributed by atoms with van der Waals surface area (Å²) in [5.41, 5.74) is 2.35. The van der Waals surface area contributed by atoms with Gasteiger partial charge in [-0.1, -0.05) is 23.8 Å². The van der Waals surface area contributed by atoms with E-state index in [2.05, 4.69) is 21.2 Å². The van der Waals surface area contributed by atoms with Crippen molar-refractivity contribution >= 4 is 21.6 Å². The molecular weight excluding hydrogens is 330 g/mol. The number of nitrogens with one attached hydrogen (secondary N) is 1. The van der Waals surface area contributed by atoms with Crippen molar-refractivity contribution in [2.24, 2.45) is 0 Å². The van der Waals surface area contributed by atoms with Crippen LogP contribution in [0.4, 0.5) is 5.69 Å². The molecule has 0 saturated heterocycles. The van der Waals surface area contributed by atoms with Crippen molar-refractivity contribution in [1.29, 1.82) is 0 Å². The van der Waals surface area contributed by atoms with Crippen LogP contribution in [0.3, 0.4) is 0 Å². The van der Waals surface area contributed by atoms with E-state index >= 15 is 0 Å². The van der Waals surface area contributed by atoms with Crippen LogP contribution >= 0.6 is 15.9 Å². The van der Waals surface area contributed by atoms with Gasteiger partial charge in [-0.3, -0.25) is 0 Å². The Hall–Kier alpha value is -1.52. The third-order valence-corrected chi connectivity index (χ3v) is 4.24. The summed E-state index contributed by atoms with van der Waals surface area (Å²) < 4.78 is 6.41. The lowest BCUT2D eigenvalue weighted by atomic mass is 9.90. The van der Waals surface area contributed by atoms with Gasteiger partial charge in [0.05, 0.1) is 19.3 Å². The van der Waals surface area contributed by atoms with Crippen molar-refractivity contribution in [3.05, 3.63) is 58.1 Å². The van der Waals surface area contributed by atoms with Crippen molar-refractivity contribution in [2.45, 2.75) is 19.4 Å². The van der Waals surface area contributed by atoms with E-state index in [-0.39, 0.29) is 6.61 Å². The minimum Gasteiger partial charge on any atom is -0.496 e. The summed E-state index contributed by atoms with van der Waals surface area (Å²) in [6.45, 7) is 3.94. The monoisotopic (exact) mass is 349 g/mol. The van der Waals surface area contributed by atoms with Crippen LogP contribution in [0.25, 0.3) is 0 Å². The van der Waals surface area contributed by atoms with E-state index in [1.807, 2.05) is 56.3 Å². The molecule has 2 N–H and O–H groups in total. The average Bonchev–Trinajstić information content (AvgIpc) is 2.49. The van der Waals surface area contributed by atoms with E-state index < -0.39 is 5.54 Å². The largest absolute Gasteiger partial charge is 0.496 e. The van der Waals surface area contributed by atoms with Gasteiger partial charge in [0.1, 0.15) is 5.75 Å². The van der Waals surface area contributed by atoms with Crippen LogP contribution in [0.15, 0.2) is 46.9 Å². The highest BCUT2D eigenvalue weighted by Gasteiger charge is 2.29. The van der Waals surface area contributed by atoms with Crippen LogP contribution in [-0.2, 0) is 5.54 Å². The van der Waals surface area contributed by atoms with Gasteiger partial charge in [-0.15, -0.1) is 0 Å². The van der Waals surface area contributed by atoms with Crippen molar-refractivity contribution in [1.82, 2.24) is 0 Å². The third-order valence-electron chi connectivity index (χ3n) is 3.55. The Morgan fingerprint density at radius 2 is 1.95 bits per heavy atom. The van der Waals surface area contributed by atoms with Gasteiger partial charge < -0.3 is 15.2 Å². The number of aryl methyl sites for hydroxylation is 1. The maximum atomic E-state index is 9.97. The number of para-hydroxylation sites is 1. The number of benzene rings is 2. The number of hydrogen-bond acceptors (Lipinski definition) is 3. The molecular formula is C17H20BrNO2. The van der Waals surface area contributed by atoms with Crippen molar-refractivity contribution in [3.8, 4) is 5.75 Å². The second kappa shape index (κ2) is 6.50. The number of methoxy groups -OCH3 is 1. The van der Waals surface area contributed by atoms with Gasteiger partial charge in [0.25, 0.3) is 0 Å². The Labute approximate surface area is 134 Å². The molecule has 0 spiro atoms. The van der Waals surface area contributed by atoms with Gasteiger partial charge in [0, 0.05) is 15.7 Å². The Kier molecular flexibility index (Phi) is 4.91. The first-order valence-corrected chi connectivity index (χ1v) is 7.58. The molecule has 0 saturated carbocycles. The predicted molar refractivity (Wildman–Crippen MR) is 89.9 cm³/mol. The smallest absolute Gasteiger partial charge is 0.124 e. The molecule has 112 valence electrons. The van der Waals surface area contributed by atoms with Gasteiger partial charge in [-0.2, -0.15) is 0 Å². The highest BCUT2D eigenvalue weighted by Crippen LogP contribution is 2.35. The summed E-state index contributed by atoms with van der Waals surface area (Å²) in [6, 6.07) is 13.8. The molecule has 0 aliphatic rings. The normalized spacial score (nSPS) is 13.6. The van der Waals surface area contributed by atoms with Gasteiger partial charge in [0.2, 0.25) is 0 Å². The molecule has 0 heterocycles. The molecule has 21 heavy (non-hydrogen) atoms. The molecule has 0 aromatic heterocycles. The van der Waals surface area contributed by atoms with Crippen LogP contribution in [0, 0.1) is 6.92 Å². The first-order chi connectivity index (χ1) is 10.00. The highest BCUT2D eigenvalue weighted by atomic mass is 79.9. The first kappa shape index (κ1) is 15.9. The summed E-state index contributed by atoms with van der Waals surface area (Å²) in [7, 11) is 1.64. The molecule has 1 atom stereocenters. The topological polar surface area (TPSA) is 41.5 Å². The van der Waals surface area contributed by atoms with E-state index in [9.17, 15) is 5.11 Å². The van der Waals surface area contributed by atoms with Crippen molar-refractivity contribution < 1.29 is 9.84 Å². The third kappa shape index (κ3) is 3.39. The molecule has 1 unspecified atom stereocenters. The Morgan fingerprint density at radius 1 is 1.24 bits per heavy atom. The predicted octanol–water partition coefficient (Wildman–Crippen LogP) is 4.09. The van der Waals surface area contributed by atoms with Crippen LogP contribution in [0.2, 0.25) is 0 Å². The van der Waals surface area contributed by atoms with E-state index in [4.69, 9.17) is 4.74 Å². The number of rotatable bonds is 5. The van der Waals surface area contributed by atoms with E-state index in [0.29, 0.717) is 0 Å². The second-order valence-corrected chi connectivity index (χ2v) is 6.15. The van der Waals surface area contributed by atoms with Gasteiger partial charge >= 0.3 is 0 Å². The van der Waals surface area contributed by atoms with Gasteiger partial charge in [0.15, 0.2) is 0 Å². The van der Waals surface area contributed by atoms with Gasteiger partial charge in [-0.25, -0.2) is 0 Å². The molecule has 3 nitrogen and oxygen atoms in total. The number of anilines is 1. The lowest BCUT2D eigenvalue weighted by molar-refractivity contribution is 0.220. The molecule has 2 aromatic carbocycles. The maximum Gasteiger partial charge on any atom is 0.124 e. The van der Waals surface area contributed by atoms with E-state index in [1.54, 1.807) is 7.11 Å². The number of halogens is 1. The summed E-state index contributed by atoms with van der Waals surface area (Å²) in [5, 5.41) is 13.4. The summed E-state index contributed by atoms with van der Waals surface area (Å²) >= 11 is 3.53. The van der Waals surface area contributed by atoms with E-state index in [0.717, 1.165) is 27.0 Å². The quantitative estimate of drug-likeness (QED) is 0.854. The second-order valence-electron chi connectivity index (χ2n) is 5.30. The Bertz CT molecular complexity index is 630. The lowest BCUT2D eigenvalue weighted by Gasteiger charge is -2.32. The summed E-state index contributed by atoms with van der Waals surface area (Å²) in [4.78, 5) is 0. The lowest BCUT2D eigenvalue weighted by Crippen LogP contribution is -2.36. The SMILES string of the molecule is COc1ccc(C)cc1C(C)(CO)Nc1ccccc1Br. The van der Waals surface area contributed by atoms with E-state index in [1.165, 1.54) is 0 Å². The number of aliphatic hydroxyl groups excluding tert-OH is 1. The fourth-order valence-electron chi connectivity index (χ4n) is 2.30. The molecule has 0 radical (unpaired) electrons. The summed E-state index contributed by atoms with van der Waals surface area (Å²) in [5.74, 6) is 0.761. The molecule has 0 aliphatic carbocycles. The van der Waals surface area contributed by atoms with Crippen LogP contribution in [0.1, 0.15) is 18.1 Å². The zero-order valence-electron chi connectivity index (χ0n) is 12.5. The minimum absolute atomic E-state index is 0.0475. The fourth-order valence-corrected chi connectivity index (χ4v) is 2.69. The fraction of sp³-hybridized carbons (Fsp3) is 0.294. The Balaban J connectivity index is 2.46. The molecule has 0 aliphatic heterocycles. The molecule has 0 fully saturated rings. The minimum atomic E-state index is -0.638. The maximum absolute atomic E-state index is 9.97. The highest BCUT2D eigenvalue weighted by molar-refractivity contribution is 9.10. The summed E-state index contributed by atoms with van der Waals surface area (Å²) in [6.07, 6.45) is 0. The zero-order valence-corrected chi connectivity index (χ0v) is 14.1. The van der Waals surface area contributed by atoms with Crippen LogP contribution in [0.5, 0.6) is 5.75 Å². The standard InChI is InChI=1S/C17H20BrNO2/c1-12-8-9-16(21-3)13(10-12)17(2,11-20)19-15-7-5-4-6-14(15)18/h4-10,19-20H,11H2,1-3H3. The number of ether oxygens (including phenoxy) is 1. The van der Waals surface area contributed by atoms with Gasteiger partial charge in [-0.05, 0) is 54.0 Å². The zero-order chi connectivity index (χ0) is 15.5. The molecule has 4 heteroatoms. The van der Waals surface area contributed by atoms with Crippen LogP contribution in [-0.4, -0.2) is 18.8 Å². The molecule has 2 rings (SSSR count). The van der Waals surface area contributed by atoms with Crippen LogP contribution < -0.4 is 10.1 Å². The number of hydrogen-bond donors (Lipinski definition) is 2. The average molecular weight is 350 g/mol. The number of aliphatic hydroxyl groups is 1. The molecule has 2 aromatic rings. The van der Waals surface area contributed by atoms with Crippen molar-refractivity contribution in [3.63, 3.8) is 0 Å². The Morgan fingerprint density at radius 3 is 2.57 bits per heavy atom. The van der Waals surface area contributed by atoms with Crippen molar-refractivity contribution in [2.75, 3.05) is 19.0 Å². The first-order valence-electron chi connectivity index (χ1n) is 6.79. The molecule has 0 amide bonds. The molecule has 0 bridgehead atoms.